The van der Waals surface area contributed by atoms with Gasteiger partial charge in [-0.2, -0.15) is 5.10 Å². The average Bonchev–Trinajstić information content (AvgIpc) is 2.59. The van der Waals surface area contributed by atoms with Gasteiger partial charge in [0.15, 0.2) is 0 Å². The zero-order valence-electron chi connectivity index (χ0n) is 10.4. The molecule has 0 bridgehead atoms. The third-order valence-electron chi connectivity index (χ3n) is 2.89. The summed E-state index contributed by atoms with van der Waals surface area (Å²) in [6.45, 7) is 6.75. The van der Waals surface area contributed by atoms with Crippen LogP contribution in [-0.2, 0) is 7.05 Å². The molecule has 1 unspecified atom stereocenters. The molecule has 0 radical (unpaired) electrons. The van der Waals surface area contributed by atoms with Crippen LogP contribution in [0, 0.1) is 0 Å². The van der Waals surface area contributed by atoms with Crippen LogP contribution in [-0.4, -0.2) is 33.2 Å². The maximum atomic E-state index is 12.3. The number of hydrogen-bond acceptors (Lipinski definition) is 3. The van der Waals surface area contributed by atoms with Crippen molar-refractivity contribution in [1.82, 2.24) is 14.7 Å². The first-order valence-electron chi connectivity index (χ1n) is 5.61. The largest absolute Gasteiger partial charge is 0.396 e. The maximum absolute atomic E-state index is 12.3. The van der Waals surface area contributed by atoms with Gasteiger partial charge in [0.05, 0.1) is 11.9 Å². The van der Waals surface area contributed by atoms with E-state index in [2.05, 4.69) is 12.0 Å². The van der Waals surface area contributed by atoms with Crippen molar-refractivity contribution in [2.45, 2.75) is 33.2 Å². The summed E-state index contributed by atoms with van der Waals surface area (Å²) in [5, 5.41) is 3.98. The van der Waals surface area contributed by atoms with E-state index in [9.17, 15) is 4.79 Å². The number of anilines is 1. The fourth-order valence-electron chi connectivity index (χ4n) is 1.73. The molecule has 5 nitrogen and oxygen atoms in total. The van der Waals surface area contributed by atoms with Crippen LogP contribution in [0.2, 0.25) is 0 Å². The van der Waals surface area contributed by atoms with Crippen molar-refractivity contribution in [3.63, 3.8) is 0 Å². The van der Waals surface area contributed by atoms with Gasteiger partial charge in [-0.25, -0.2) is 0 Å². The van der Waals surface area contributed by atoms with E-state index in [0.717, 1.165) is 6.42 Å². The van der Waals surface area contributed by atoms with Crippen LogP contribution >= 0.6 is 0 Å². The number of aromatic nitrogens is 2. The van der Waals surface area contributed by atoms with Crippen LogP contribution in [0.4, 0.5) is 5.69 Å². The lowest BCUT2D eigenvalue weighted by Gasteiger charge is -2.27. The Bertz CT molecular complexity index is 353. The van der Waals surface area contributed by atoms with Crippen LogP contribution in [0.25, 0.3) is 0 Å². The van der Waals surface area contributed by atoms with Gasteiger partial charge in [0.25, 0.3) is 5.91 Å². The van der Waals surface area contributed by atoms with Crippen LogP contribution in [0.15, 0.2) is 6.20 Å². The molecule has 1 heterocycles. The lowest BCUT2D eigenvalue weighted by molar-refractivity contribution is 0.0690. The highest BCUT2D eigenvalue weighted by molar-refractivity contribution is 5.97. The molecule has 0 saturated heterocycles. The molecule has 0 saturated carbocycles. The van der Waals surface area contributed by atoms with Gasteiger partial charge in [0, 0.05) is 19.6 Å². The number of carbonyl (C=O) groups excluding carboxylic acids is 1. The second kappa shape index (κ2) is 5.01. The number of nitrogen functional groups attached to an aromatic ring is 1. The highest BCUT2D eigenvalue weighted by Crippen LogP contribution is 2.15. The molecule has 1 atom stereocenters. The normalized spacial score (nSPS) is 12.5. The van der Waals surface area contributed by atoms with Crippen molar-refractivity contribution >= 4 is 11.6 Å². The van der Waals surface area contributed by atoms with Crippen molar-refractivity contribution in [2.75, 3.05) is 12.3 Å². The van der Waals surface area contributed by atoms with E-state index in [-0.39, 0.29) is 11.9 Å². The van der Waals surface area contributed by atoms with E-state index in [1.807, 2.05) is 18.7 Å². The van der Waals surface area contributed by atoms with Crippen molar-refractivity contribution in [2.24, 2.45) is 7.05 Å². The highest BCUT2D eigenvalue weighted by atomic mass is 16.2. The van der Waals surface area contributed by atoms with Crippen molar-refractivity contribution in [3.05, 3.63) is 11.9 Å². The standard InChI is InChI=1S/C11H20N4O/c1-5-8(3)15(6-2)11(16)10-9(12)7-13-14(10)4/h7-8H,5-6,12H2,1-4H3. The minimum Gasteiger partial charge on any atom is -0.396 e. The molecule has 1 amide bonds. The molecule has 2 N–H and O–H groups in total. The molecule has 0 fully saturated rings. The molecule has 1 rings (SSSR count). The van der Waals surface area contributed by atoms with Gasteiger partial charge in [-0.15, -0.1) is 0 Å². The Hall–Kier alpha value is -1.52. The fraction of sp³-hybridized carbons (Fsp3) is 0.636. The monoisotopic (exact) mass is 224 g/mol. The smallest absolute Gasteiger partial charge is 0.274 e. The second-order valence-corrected chi connectivity index (χ2v) is 3.92. The minimum atomic E-state index is -0.0469. The van der Waals surface area contributed by atoms with Crippen LogP contribution < -0.4 is 5.73 Å². The number of hydrogen-bond donors (Lipinski definition) is 1. The summed E-state index contributed by atoms with van der Waals surface area (Å²) in [5.41, 5.74) is 6.66. The summed E-state index contributed by atoms with van der Waals surface area (Å²) in [6, 6.07) is 0.215. The van der Waals surface area contributed by atoms with Gasteiger partial charge in [-0.3, -0.25) is 9.48 Å². The molecule has 1 aromatic rings. The number of carbonyl (C=O) groups is 1. The Morgan fingerprint density at radius 2 is 2.25 bits per heavy atom. The number of nitrogens with zero attached hydrogens (tertiary/aromatic N) is 3. The molecule has 90 valence electrons. The third-order valence-corrected chi connectivity index (χ3v) is 2.89. The van der Waals surface area contributed by atoms with Crippen molar-refractivity contribution in [1.29, 1.82) is 0 Å². The summed E-state index contributed by atoms with van der Waals surface area (Å²) >= 11 is 0. The van der Waals surface area contributed by atoms with Crippen molar-refractivity contribution in [3.8, 4) is 0 Å². The molecular weight excluding hydrogens is 204 g/mol. The van der Waals surface area contributed by atoms with Gasteiger partial charge < -0.3 is 10.6 Å². The molecule has 5 heteroatoms. The minimum absolute atomic E-state index is 0.0469. The molecule has 0 spiro atoms. The summed E-state index contributed by atoms with van der Waals surface area (Å²) < 4.78 is 1.53. The number of rotatable bonds is 4. The zero-order chi connectivity index (χ0) is 12.3. The molecule has 0 aromatic carbocycles. The SMILES string of the molecule is CCC(C)N(CC)C(=O)c1c(N)cnn1C. The van der Waals surface area contributed by atoms with Crippen LogP contribution in [0.5, 0.6) is 0 Å². The van der Waals surface area contributed by atoms with Crippen molar-refractivity contribution < 1.29 is 4.79 Å². The number of amides is 1. The summed E-state index contributed by atoms with van der Waals surface area (Å²) in [7, 11) is 1.73. The third kappa shape index (κ3) is 2.18. The first-order chi connectivity index (χ1) is 7.52. The van der Waals surface area contributed by atoms with Gasteiger partial charge in [0.1, 0.15) is 5.69 Å². The second-order valence-electron chi connectivity index (χ2n) is 3.92. The topological polar surface area (TPSA) is 64.2 Å². The van der Waals surface area contributed by atoms with Gasteiger partial charge >= 0.3 is 0 Å². The maximum Gasteiger partial charge on any atom is 0.274 e. The van der Waals surface area contributed by atoms with E-state index in [1.165, 1.54) is 10.9 Å². The fourth-order valence-corrected chi connectivity index (χ4v) is 1.73. The number of aryl methyl sites for hydroxylation is 1. The van der Waals surface area contributed by atoms with Gasteiger partial charge in [0.2, 0.25) is 0 Å². The van der Waals surface area contributed by atoms with Crippen LogP contribution in [0.3, 0.4) is 0 Å². The molecular formula is C11H20N4O. The van der Waals surface area contributed by atoms with E-state index >= 15 is 0 Å². The van der Waals surface area contributed by atoms with E-state index in [0.29, 0.717) is 17.9 Å². The van der Waals surface area contributed by atoms with Gasteiger partial charge in [-0.1, -0.05) is 6.92 Å². The first-order valence-corrected chi connectivity index (χ1v) is 5.61. The Morgan fingerprint density at radius 3 is 2.62 bits per heavy atom. The molecule has 1 aromatic heterocycles. The lowest BCUT2D eigenvalue weighted by atomic mass is 10.2. The summed E-state index contributed by atoms with van der Waals surface area (Å²) in [6.07, 6.45) is 2.44. The summed E-state index contributed by atoms with van der Waals surface area (Å²) in [4.78, 5) is 14.1. The Balaban J connectivity index is 3.00. The predicted octanol–water partition coefficient (Wildman–Crippen LogP) is 1.26. The average molecular weight is 224 g/mol. The molecule has 0 aliphatic rings. The van der Waals surface area contributed by atoms with E-state index < -0.39 is 0 Å². The Labute approximate surface area is 96.2 Å². The Morgan fingerprint density at radius 1 is 1.62 bits per heavy atom. The van der Waals surface area contributed by atoms with E-state index in [4.69, 9.17) is 5.73 Å². The van der Waals surface area contributed by atoms with Crippen LogP contribution in [0.1, 0.15) is 37.7 Å². The van der Waals surface area contributed by atoms with E-state index in [1.54, 1.807) is 7.05 Å². The van der Waals surface area contributed by atoms with Gasteiger partial charge in [-0.05, 0) is 20.3 Å². The predicted molar refractivity (Wildman–Crippen MR) is 64.1 cm³/mol. The molecule has 0 aliphatic carbocycles. The summed E-state index contributed by atoms with van der Waals surface area (Å²) in [5.74, 6) is -0.0469. The quantitative estimate of drug-likeness (QED) is 0.837. The Kier molecular flexibility index (Phi) is 3.93. The number of nitrogens with two attached hydrogens (primary N) is 1. The molecule has 16 heavy (non-hydrogen) atoms. The first kappa shape index (κ1) is 12.5. The lowest BCUT2D eigenvalue weighted by Crippen LogP contribution is -2.39. The molecule has 0 aliphatic heterocycles. The zero-order valence-corrected chi connectivity index (χ0v) is 10.4. The highest BCUT2D eigenvalue weighted by Gasteiger charge is 2.23.